The molecule has 1 aliphatic rings. The van der Waals surface area contributed by atoms with Crippen LogP contribution in [0.25, 0.3) is 11.4 Å². The van der Waals surface area contributed by atoms with Crippen molar-refractivity contribution < 1.29 is 14.5 Å². The van der Waals surface area contributed by atoms with Crippen LogP contribution in [0.2, 0.25) is 0 Å². The van der Waals surface area contributed by atoms with Crippen LogP contribution in [0.15, 0.2) is 30.5 Å². The van der Waals surface area contributed by atoms with Gasteiger partial charge in [-0.3, -0.25) is 14.8 Å². The van der Waals surface area contributed by atoms with Crippen LogP contribution < -0.4 is 5.32 Å². The summed E-state index contributed by atoms with van der Waals surface area (Å²) in [5, 5.41) is 18.4. The number of anilines is 2. The van der Waals surface area contributed by atoms with E-state index in [0.717, 1.165) is 29.7 Å². The van der Waals surface area contributed by atoms with Crippen LogP contribution in [0.4, 0.5) is 17.3 Å². The normalized spacial score (nSPS) is 12.5. The molecule has 0 bridgehead atoms. The molecule has 0 amide bonds. The third-order valence-corrected chi connectivity index (χ3v) is 4.89. The first kappa shape index (κ1) is 19.5. The van der Waals surface area contributed by atoms with Crippen molar-refractivity contribution in [1.82, 2.24) is 19.7 Å². The molecule has 4 rings (SSSR count). The summed E-state index contributed by atoms with van der Waals surface area (Å²) in [4.78, 5) is 31.9. The topological polar surface area (TPSA) is 125 Å². The van der Waals surface area contributed by atoms with Crippen molar-refractivity contribution in [2.24, 2.45) is 7.05 Å². The first-order chi connectivity index (χ1) is 14.5. The number of nitrogens with one attached hydrogen (secondary N) is 1. The number of carbonyl (C=O) groups excluding carboxylic acids is 1. The Bertz CT molecular complexity index is 1140. The van der Waals surface area contributed by atoms with Gasteiger partial charge in [0.15, 0.2) is 5.69 Å². The van der Waals surface area contributed by atoms with Gasteiger partial charge in [0.25, 0.3) is 5.69 Å². The molecule has 0 aliphatic heterocycles. The van der Waals surface area contributed by atoms with Gasteiger partial charge in [0.05, 0.1) is 22.9 Å². The molecule has 0 unspecified atom stereocenters. The molecule has 0 saturated carbocycles. The zero-order chi connectivity index (χ0) is 21.3. The molecule has 0 spiro atoms. The van der Waals surface area contributed by atoms with E-state index in [-0.39, 0.29) is 12.3 Å². The third-order valence-electron chi connectivity index (χ3n) is 4.89. The fourth-order valence-corrected chi connectivity index (χ4v) is 3.60. The fraction of sp³-hybridized carbons (Fsp3) is 0.300. The Hall–Kier alpha value is -3.82. The predicted molar refractivity (Wildman–Crippen MR) is 109 cm³/mol. The number of hydrogen-bond donors (Lipinski definition) is 1. The lowest BCUT2D eigenvalue weighted by molar-refractivity contribution is -0.384. The predicted octanol–water partition coefficient (Wildman–Crippen LogP) is 3.19. The van der Waals surface area contributed by atoms with Gasteiger partial charge < -0.3 is 10.1 Å². The molecule has 2 heterocycles. The molecule has 10 heteroatoms. The van der Waals surface area contributed by atoms with Gasteiger partial charge in [-0.1, -0.05) is 6.07 Å². The Morgan fingerprint density at radius 3 is 2.97 bits per heavy atom. The Labute approximate surface area is 172 Å². The summed E-state index contributed by atoms with van der Waals surface area (Å²) >= 11 is 0. The van der Waals surface area contributed by atoms with Crippen LogP contribution in [0.5, 0.6) is 0 Å². The van der Waals surface area contributed by atoms with Crippen molar-refractivity contribution in [3.8, 4) is 11.4 Å². The number of nitro groups is 1. The van der Waals surface area contributed by atoms with Crippen molar-refractivity contribution in [2.45, 2.75) is 26.2 Å². The summed E-state index contributed by atoms with van der Waals surface area (Å²) in [6, 6.07) is 6.14. The number of aryl methyl sites for hydroxylation is 2. The van der Waals surface area contributed by atoms with Crippen LogP contribution in [-0.4, -0.2) is 37.2 Å². The highest BCUT2D eigenvalue weighted by Gasteiger charge is 2.28. The summed E-state index contributed by atoms with van der Waals surface area (Å²) in [6.45, 7) is 2.04. The molecule has 10 nitrogen and oxygen atoms in total. The number of non-ortho nitro benzene ring substituents is 1. The number of carbonyl (C=O) groups is 1. The molecule has 1 N–H and O–H groups in total. The lowest BCUT2D eigenvalue weighted by atomic mass is 10.1. The largest absolute Gasteiger partial charge is 0.461 e. The molecule has 0 atom stereocenters. The van der Waals surface area contributed by atoms with Gasteiger partial charge in [0, 0.05) is 36.6 Å². The third kappa shape index (κ3) is 3.59. The summed E-state index contributed by atoms with van der Waals surface area (Å²) in [6.07, 6.45) is 4.03. The first-order valence-corrected chi connectivity index (χ1v) is 9.58. The lowest BCUT2D eigenvalue weighted by Gasteiger charge is -2.10. The van der Waals surface area contributed by atoms with E-state index in [0.29, 0.717) is 29.4 Å². The zero-order valence-corrected chi connectivity index (χ0v) is 16.6. The van der Waals surface area contributed by atoms with Crippen molar-refractivity contribution in [3.05, 3.63) is 57.4 Å². The van der Waals surface area contributed by atoms with E-state index in [1.165, 1.54) is 12.1 Å². The molecule has 3 aromatic rings. The Morgan fingerprint density at radius 1 is 1.37 bits per heavy atom. The monoisotopic (exact) mass is 408 g/mol. The number of rotatable bonds is 5. The van der Waals surface area contributed by atoms with E-state index >= 15 is 0 Å². The number of aromatic nitrogens is 4. The van der Waals surface area contributed by atoms with Crippen molar-refractivity contribution in [1.29, 1.82) is 0 Å². The summed E-state index contributed by atoms with van der Waals surface area (Å²) < 4.78 is 6.80. The Morgan fingerprint density at radius 2 is 2.20 bits per heavy atom. The number of benzene rings is 1. The van der Waals surface area contributed by atoms with E-state index in [1.54, 1.807) is 37.0 Å². The minimum atomic E-state index is -0.456. The average molecular weight is 408 g/mol. The highest BCUT2D eigenvalue weighted by atomic mass is 16.6. The van der Waals surface area contributed by atoms with E-state index in [1.807, 2.05) is 0 Å². The Balaban J connectivity index is 1.74. The van der Waals surface area contributed by atoms with E-state index in [4.69, 9.17) is 4.74 Å². The maximum Gasteiger partial charge on any atom is 0.359 e. The Kier molecular flexibility index (Phi) is 5.13. The van der Waals surface area contributed by atoms with Crippen molar-refractivity contribution >= 4 is 23.3 Å². The van der Waals surface area contributed by atoms with Crippen molar-refractivity contribution in [2.75, 3.05) is 11.9 Å². The van der Waals surface area contributed by atoms with Gasteiger partial charge in [-0.25, -0.2) is 14.8 Å². The van der Waals surface area contributed by atoms with E-state index < -0.39 is 10.9 Å². The molecule has 0 radical (unpaired) electrons. The average Bonchev–Trinajstić information content (AvgIpc) is 2.93. The zero-order valence-electron chi connectivity index (χ0n) is 16.6. The maximum atomic E-state index is 12.4. The molecular weight excluding hydrogens is 388 g/mol. The second kappa shape index (κ2) is 7.90. The van der Waals surface area contributed by atoms with Crippen LogP contribution in [0.1, 0.15) is 35.0 Å². The maximum absolute atomic E-state index is 12.4. The highest BCUT2D eigenvalue weighted by Crippen LogP contribution is 2.33. The number of nitro benzene ring substituents is 1. The van der Waals surface area contributed by atoms with Gasteiger partial charge in [0.2, 0.25) is 5.95 Å². The fourth-order valence-electron chi connectivity index (χ4n) is 3.60. The minimum absolute atomic E-state index is 0.0252. The van der Waals surface area contributed by atoms with Gasteiger partial charge in [0.1, 0.15) is 0 Å². The van der Waals surface area contributed by atoms with Gasteiger partial charge in [-0.2, -0.15) is 5.10 Å². The number of hydrogen-bond acceptors (Lipinski definition) is 8. The van der Waals surface area contributed by atoms with Crippen LogP contribution >= 0.6 is 0 Å². The molecule has 154 valence electrons. The summed E-state index contributed by atoms with van der Waals surface area (Å²) in [5.74, 6) is -0.136. The van der Waals surface area contributed by atoms with Crippen LogP contribution in [-0.2, 0) is 24.6 Å². The quantitative estimate of drug-likeness (QED) is 0.388. The van der Waals surface area contributed by atoms with E-state index in [9.17, 15) is 14.9 Å². The second-order valence-corrected chi connectivity index (χ2v) is 6.87. The summed E-state index contributed by atoms with van der Waals surface area (Å²) in [7, 11) is 1.77. The molecule has 2 aromatic heterocycles. The van der Waals surface area contributed by atoms with Crippen LogP contribution in [0.3, 0.4) is 0 Å². The number of nitrogens with zero attached hydrogens (tertiary/aromatic N) is 5. The minimum Gasteiger partial charge on any atom is -0.461 e. The molecule has 0 fully saturated rings. The second-order valence-electron chi connectivity index (χ2n) is 6.87. The number of esters is 1. The number of fused-ring (bicyclic) bond motifs is 3. The smallest absolute Gasteiger partial charge is 0.359 e. The molecule has 1 aromatic carbocycles. The SMILES string of the molecule is CCOC(=O)c1nn(C)c2c1CCCc1cnc(Nc3cccc([N+](=O)[O-])c3)nc1-2. The van der Waals surface area contributed by atoms with Gasteiger partial charge >= 0.3 is 5.97 Å². The van der Waals surface area contributed by atoms with E-state index in [2.05, 4.69) is 20.4 Å². The first-order valence-electron chi connectivity index (χ1n) is 9.58. The van der Waals surface area contributed by atoms with Gasteiger partial charge in [-0.05, 0) is 37.8 Å². The molecule has 30 heavy (non-hydrogen) atoms. The number of ether oxygens (including phenoxy) is 1. The van der Waals surface area contributed by atoms with Crippen molar-refractivity contribution in [3.63, 3.8) is 0 Å². The lowest BCUT2D eigenvalue weighted by Crippen LogP contribution is -2.08. The summed E-state index contributed by atoms with van der Waals surface area (Å²) in [5.41, 5.74) is 4.02. The van der Waals surface area contributed by atoms with Gasteiger partial charge in [-0.15, -0.1) is 0 Å². The standard InChI is InChI=1S/C20H20N6O4/c1-3-30-19(27)17-15-9-4-6-12-11-21-20(23-16(12)18(15)25(2)24-17)22-13-7-5-8-14(10-13)26(28)29/h5,7-8,10-11H,3-4,6,9H2,1-2H3,(H,21,22,23). The molecule has 1 aliphatic carbocycles. The van der Waals surface area contributed by atoms with Crippen LogP contribution in [0, 0.1) is 10.1 Å². The molecule has 0 saturated heterocycles. The molecular formula is C20H20N6O4. The highest BCUT2D eigenvalue weighted by molar-refractivity contribution is 5.91.